The summed E-state index contributed by atoms with van der Waals surface area (Å²) in [7, 11) is 3.40. The Bertz CT molecular complexity index is 1010. The van der Waals surface area contributed by atoms with Gasteiger partial charge in [0, 0.05) is 13.2 Å². The Hall–Kier alpha value is -3.42. The van der Waals surface area contributed by atoms with Crippen molar-refractivity contribution in [3.05, 3.63) is 54.5 Å². The fourth-order valence-electron chi connectivity index (χ4n) is 2.62. The number of hydrogen-bond donors (Lipinski definition) is 1. The molecule has 0 amide bonds. The Morgan fingerprint density at radius 1 is 1.16 bits per heavy atom. The van der Waals surface area contributed by atoms with Crippen molar-refractivity contribution in [1.29, 1.82) is 0 Å². The minimum atomic E-state index is 0.466. The van der Waals surface area contributed by atoms with Crippen LogP contribution in [0, 0.1) is 0 Å². The van der Waals surface area contributed by atoms with Crippen molar-refractivity contribution in [2.45, 2.75) is 6.54 Å². The fourth-order valence-corrected chi connectivity index (χ4v) is 2.62. The zero-order chi connectivity index (χ0) is 17.2. The van der Waals surface area contributed by atoms with E-state index in [1.165, 1.54) is 0 Å². The summed E-state index contributed by atoms with van der Waals surface area (Å²) in [6.45, 7) is 0.650. The van der Waals surface area contributed by atoms with Crippen LogP contribution in [0.5, 0.6) is 5.88 Å². The highest BCUT2D eigenvalue weighted by Crippen LogP contribution is 2.24. The summed E-state index contributed by atoms with van der Waals surface area (Å²) in [5.74, 6) is 0.956. The van der Waals surface area contributed by atoms with Crippen molar-refractivity contribution >= 4 is 22.7 Å². The molecular formula is C17H17N7O. The van der Waals surface area contributed by atoms with Crippen LogP contribution in [0.25, 0.3) is 11.0 Å². The van der Waals surface area contributed by atoms with Crippen molar-refractivity contribution < 1.29 is 4.74 Å². The molecule has 0 aliphatic heterocycles. The first-order valence-electron chi connectivity index (χ1n) is 7.80. The number of nitrogens with zero attached hydrogens (tertiary/aromatic N) is 6. The number of fused-ring (bicyclic) bond motifs is 1. The van der Waals surface area contributed by atoms with Crippen molar-refractivity contribution in [1.82, 2.24) is 29.5 Å². The number of hydrogen-bond acceptors (Lipinski definition) is 6. The Balaban J connectivity index is 1.66. The van der Waals surface area contributed by atoms with Crippen molar-refractivity contribution in [2.24, 2.45) is 7.05 Å². The van der Waals surface area contributed by atoms with Gasteiger partial charge in [0.2, 0.25) is 5.95 Å². The molecule has 8 nitrogen and oxygen atoms in total. The second-order valence-corrected chi connectivity index (χ2v) is 5.61. The summed E-state index contributed by atoms with van der Waals surface area (Å²) in [6.07, 6.45) is 5.34. The molecule has 0 fully saturated rings. The molecule has 1 aromatic carbocycles. The van der Waals surface area contributed by atoms with E-state index in [2.05, 4.69) is 37.6 Å². The quantitative estimate of drug-likeness (QED) is 0.603. The second-order valence-electron chi connectivity index (χ2n) is 5.61. The largest absolute Gasteiger partial charge is 0.478 e. The van der Waals surface area contributed by atoms with E-state index < -0.39 is 0 Å². The highest BCUT2D eigenvalue weighted by Gasteiger charge is 2.12. The van der Waals surface area contributed by atoms with Crippen LogP contribution in [0.15, 0.2) is 48.9 Å². The first-order chi connectivity index (χ1) is 12.2. The molecule has 0 aliphatic rings. The van der Waals surface area contributed by atoms with Gasteiger partial charge < -0.3 is 10.1 Å². The fraction of sp³-hybridized carbons (Fsp3) is 0.176. The average Bonchev–Trinajstić information content (AvgIpc) is 3.19. The molecule has 4 aromatic rings. The van der Waals surface area contributed by atoms with Crippen LogP contribution in [0.2, 0.25) is 0 Å². The molecule has 3 heterocycles. The van der Waals surface area contributed by atoms with Gasteiger partial charge in [0.25, 0.3) is 5.88 Å². The number of methoxy groups -OCH3 is 1. The van der Waals surface area contributed by atoms with Gasteiger partial charge in [-0.25, -0.2) is 9.67 Å². The molecular weight excluding hydrogens is 318 g/mol. The molecule has 0 atom stereocenters. The molecule has 126 valence electrons. The molecule has 0 aliphatic carbocycles. The number of anilines is 2. The molecule has 4 rings (SSSR count). The molecule has 0 unspecified atom stereocenters. The van der Waals surface area contributed by atoms with Gasteiger partial charge in [0.15, 0.2) is 5.65 Å². The van der Waals surface area contributed by atoms with Crippen molar-refractivity contribution in [3.8, 4) is 5.88 Å². The summed E-state index contributed by atoms with van der Waals surface area (Å²) in [5.41, 5.74) is 2.64. The number of aryl methyl sites for hydroxylation is 1. The smallest absolute Gasteiger partial charge is 0.256 e. The molecule has 0 spiro atoms. The third-order valence-electron chi connectivity index (χ3n) is 3.79. The van der Waals surface area contributed by atoms with E-state index in [0.717, 1.165) is 16.6 Å². The molecule has 0 saturated carbocycles. The molecule has 25 heavy (non-hydrogen) atoms. The van der Waals surface area contributed by atoms with E-state index in [1.54, 1.807) is 24.2 Å². The van der Waals surface area contributed by atoms with Gasteiger partial charge in [0.05, 0.1) is 31.4 Å². The molecule has 0 saturated heterocycles. The average molecular weight is 335 g/mol. The van der Waals surface area contributed by atoms with Gasteiger partial charge in [-0.05, 0) is 5.56 Å². The van der Waals surface area contributed by atoms with Crippen LogP contribution in [0.4, 0.5) is 11.6 Å². The minimum absolute atomic E-state index is 0.466. The van der Waals surface area contributed by atoms with Gasteiger partial charge in [-0.3, -0.25) is 4.68 Å². The Morgan fingerprint density at radius 3 is 2.80 bits per heavy atom. The Kier molecular flexibility index (Phi) is 3.77. The summed E-state index contributed by atoms with van der Waals surface area (Å²) >= 11 is 0. The van der Waals surface area contributed by atoms with Gasteiger partial charge in [0.1, 0.15) is 5.69 Å². The summed E-state index contributed by atoms with van der Waals surface area (Å²) in [5, 5.41) is 12.7. The molecule has 1 N–H and O–H groups in total. The van der Waals surface area contributed by atoms with E-state index in [1.807, 2.05) is 36.1 Å². The van der Waals surface area contributed by atoms with E-state index >= 15 is 0 Å². The zero-order valence-electron chi connectivity index (χ0n) is 13.9. The summed E-state index contributed by atoms with van der Waals surface area (Å²) < 4.78 is 8.77. The first-order valence-corrected chi connectivity index (χ1v) is 7.80. The number of rotatable bonds is 5. The first kappa shape index (κ1) is 15.1. The minimum Gasteiger partial charge on any atom is -0.478 e. The van der Waals surface area contributed by atoms with Crippen LogP contribution in [0.1, 0.15) is 5.56 Å². The van der Waals surface area contributed by atoms with Gasteiger partial charge >= 0.3 is 0 Å². The topological polar surface area (TPSA) is 82.7 Å². The monoisotopic (exact) mass is 335 g/mol. The lowest BCUT2D eigenvalue weighted by molar-refractivity contribution is 0.393. The standard InChI is InChI=1S/C17H17N7O/c1-23-11-14(16(22-23)25-2)20-17-18-8-13-9-19-24(15(13)21-17)10-12-6-4-3-5-7-12/h3-9,11H,10H2,1-2H3,(H,18,20,21). The molecule has 0 radical (unpaired) electrons. The zero-order valence-corrected chi connectivity index (χ0v) is 13.9. The SMILES string of the molecule is COc1nn(C)cc1Nc1ncc2cnn(Cc3ccccc3)c2n1. The highest BCUT2D eigenvalue weighted by molar-refractivity contribution is 5.75. The number of aromatic nitrogens is 6. The van der Waals surface area contributed by atoms with Crippen LogP contribution in [0.3, 0.4) is 0 Å². The lowest BCUT2D eigenvalue weighted by Crippen LogP contribution is -2.04. The van der Waals surface area contributed by atoms with Gasteiger partial charge in [-0.2, -0.15) is 10.1 Å². The summed E-state index contributed by atoms with van der Waals surface area (Å²) in [6, 6.07) is 10.1. The molecule has 3 aromatic heterocycles. The summed E-state index contributed by atoms with van der Waals surface area (Å²) in [4.78, 5) is 8.94. The van der Waals surface area contributed by atoms with E-state index in [9.17, 15) is 0 Å². The lowest BCUT2D eigenvalue weighted by atomic mass is 10.2. The van der Waals surface area contributed by atoms with Gasteiger partial charge in [-0.1, -0.05) is 30.3 Å². The highest BCUT2D eigenvalue weighted by atomic mass is 16.5. The Morgan fingerprint density at radius 2 is 2.00 bits per heavy atom. The third-order valence-corrected chi connectivity index (χ3v) is 3.79. The number of nitrogens with one attached hydrogen (secondary N) is 1. The lowest BCUT2D eigenvalue weighted by Gasteiger charge is -2.06. The van der Waals surface area contributed by atoms with E-state index in [0.29, 0.717) is 24.1 Å². The number of benzene rings is 1. The number of ether oxygens (including phenoxy) is 1. The third kappa shape index (κ3) is 3.01. The van der Waals surface area contributed by atoms with Crippen LogP contribution in [-0.2, 0) is 13.6 Å². The molecule has 8 heteroatoms. The maximum atomic E-state index is 5.25. The molecule has 0 bridgehead atoms. The van der Waals surface area contributed by atoms with Crippen LogP contribution in [-0.4, -0.2) is 36.6 Å². The van der Waals surface area contributed by atoms with Crippen LogP contribution < -0.4 is 10.1 Å². The van der Waals surface area contributed by atoms with Crippen molar-refractivity contribution in [3.63, 3.8) is 0 Å². The second kappa shape index (κ2) is 6.23. The Labute approximate surface area is 144 Å². The normalized spacial score (nSPS) is 11.0. The predicted molar refractivity (Wildman–Crippen MR) is 93.9 cm³/mol. The van der Waals surface area contributed by atoms with E-state index in [-0.39, 0.29) is 0 Å². The van der Waals surface area contributed by atoms with E-state index in [4.69, 9.17) is 4.74 Å². The maximum absolute atomic E-state index is 5.25. The predicted octanol–water partition coefficient (Wildman–Crippen LogP) is 2.36. The maximum Gasteiger partial charge on any atom is 0.256 e. The van der Waals surface area contributed by atoms with Crippen LogP contribution >= 0.6 is 0 Å². The van der Waals surface area contributed by atoms with Gasteiger partial charge in [-0.15, -0.1) is 5.10 Å². The van der Waals surface area contributed by atoms with Crippen molar-refractivity contribution in [2.75, 3.05) is 12.4 Å².